The SMILES string of the molecule is Cc1cc(-c2cccc3c2C2=C(C3=C(C#N)C#N)c3c(cccc3-c3cc(C(F)(F)F)c(C#N)c(C(F)(F)F)c3)C2=C(C#N)C#N)cc(C(F)(F)F)c1C#N. The monoisotopic (exact) mass is 748 g/mol. The average molecular weight is 749 g/mol. The number of hydrogen-bond acceptors (Lipinski definition) is 6. The minimum atomic E-state index is -5.46. The van der Waals surface area contributed by atoms with Crippen molar-refractivity contribution in [3.63, 3.8) is 0 Å². The van der Waals surface area contributed by atoms with Crippen molar-refractivity contribution >= 4 is 22.3 Å². The third-order valence-corrected chi connectivity index (χ3v) is 9.10. The van der Waals surface area contributed by atoms with Gasteiger partial charge in [-0.25, -0.2) is 0 Å². The number of nitriles is 6. The van der Waals surface area contributed by atoms with Crippen LogP contribution in [0.15, 0.2) is 71.8 Å². The van der Waals surface area contributed by atoms with Crippen LogP contribution in [-0.4, -0.2) is 0 Å². The van der Waals surface area contributed by atoms with Crippen LogP contribution in [0.5, 0.6) is 0 Å². The van der Waals surface area contributed by atoms with Crippen LogP contribution in [-0.2, 0) is 18.5 Å². The second-order valence-corrected chi connectivity index (χ2v) is 12.0. The highest BCUT2D eigenvalue weighted by molar-refractivity contribution is 6.39. The molecule has 0 aromatic heterocycles. The summed E-state index contributed by atoms with van der Waals surface area (Å²) in [7, 11) is 0. The zero-order valence-electron chi connectivity index (χ0n) is 27.4. The standard InChI is InChI=1S/C40H13F9N6/c1-18-8-19(9-29(27(18)16-54)38(41,42)43)23-4-2-6-25-32(21(12-50)13-51)37-35-24(5-3-7-26(35)33(22(14-52)15-53)36(37)34(23)25)20-10-30(39(44,45)46)28(17-55)31(11-20)40(47,48)49/h2-11H,1H3. The van der Waals surface area contributed by atoms with Crippen molar-refractivity contribution in [2.75, 3.05) is 0 Å². The average Bonchev–Trinajstić information content (AvgIpc) is 3.63. The van der Waals surface area contributed by atoms with Gasteiger partial charge in [0.2, 0.25) is 0 Å². The number of hydrogen-bond donors (Lipinski definition) is 0. The molecule has 6 rings (SSSR count). The highest BCUT2D eigenvalue weighted by atomic mass is 19.4. The Bertz CT molecular complexity index is 2720. The third kappa shape index (κ3) is 5.73. The van der Waals surface area contributed by atoms with Gasteiger partial charge in [0.25, 0.3) is 0 Å². The van der Waals surface area contributed by atoms with Crippen LogP contribution in [0.3, 0.4) is 0 Å². The van der Waals surface area contributed by atoms with Gasteiger partial charge in [-0.05, 0) is 75.2 Å². The molecule has 4 aromatic rings. The zero-order valence-corrected chi connectivity index (χ0v) is 27.4. The molecule has 0 heterocycles. The van der Waals surface area contributed by atoms with Gasteiger partial charge in [-0.15, -0.1) is 0 Å². The van der Waals surface area contributed by atoms with E-state index in [2.05, 4.69) is 0 Å². The number of rotatable bonds is 2. The van der Waals surface area contributed by atoms with Crippen LogP contribution in [0.2, 0.25) is 0 Å². The van der Waals surface area contributed by atoms with Crippen molar-refractivity contribution in [2.24, 2.45) is 0 Å². The lowest BCUT2D eigenvalue weighted by Gasteiger charge is -2.20. The van der Waals surface area contributed by atoms with E-state index in [9.17, 15) is 71.1 Å². The topological polar surface area (TPSA) is 143 Å². The van der Waals surface area contributed by atoms with E-state index in [-0.39, 0.29) is 66.8 Å². The Morgan fingerprint density at radius 2 is 0.800 bits per heavy atom. The Hall–Kier alpha value is -7.59. The molecule has 0 saturated heterocycles. The van der Waals surface area contributed by atoms with E-state index in [1.54, 1.807) is 24.3 Å². The molecule has 0 amide bonds. The van der Waals surface area contributed by atoms with Crippen molar-refractivity contribution in [3.05, 3.63) is 127 Å². The summed E-state index contributed by atoms with van der Waals surface area (Å²) in [5.74, 6) is 0. The summed E-state index contributed by atoms with van der Waals surface area (Å²) in [6.07, 6.45) is -15.9. The van der Waals surface area contributed by atoms with Crippen LogP contribution in [0.25, 0.3) is 44.5 Å². The lowest BCUT2D eigenvalue weighted by Crippen LogP contribution is -2.15. The number of fused-ring (bicyclic) bond motifs is 4. The van der Waals surface area contributed by atoms with E-state index < -0.39 is 63.1 Å². The van der Waals surface area contributed by atoms with Crippen molar-refractivity contribution < 1.29 is 39.5 Å². The fourth-order valence-electron chi connectivity index (χ4n) is 7.03. The fraction of sp³-hybridized carbons (Fsp3) is 0.100. The quantitative estimate of drug-likeness (QED) is 0.147. The predicted octanol–water partition coefficient (Wildman–Crippen LogP) is 10.7. The van der Waals surface area contributed by atoms with Gasteiger partial charge in [0, 0.05) is 22.3 Å². The molecular weight excluding hydrogens is 735 g/mol. The first kappa shape index (κ1) is 37.2. The molecule has 2 aliphatic carbocycles. The van der Waals surface area contributed by atoms with Crippen LogP contribution in [0.1, 0.15) is 55.6 Å². The summed E-state index contributed by atoms with van der Waals surface area (Å²) in [5, 5.41) is 59.5. The number of allylic oxidation sites excluding steroid dienone is 6. The van der Waals surface area contributed by atoms with Gasteiger partial charge in [0.05, 0.1) is 27.8 Å². The Labute approximate surface area is 304 Å². The summed E-state index contributed by atoms with van der Waals surface area (Å²) < 4.78 is 129. The maximum absolute atomic E-state index is 14.3. The molecule has 15 heteroatoms. The van der Waals surface area contributed by atoms with E-state index in [0.717, 1.165) is 12.1 Å². The first-order valence-electron chi connectivity index (χ1n) is 15.3. The van der Waals surface area contributed by atoms with Crippen molar-refractivity contribution in [2.45, 2.75) is 25.5 Å². The number of halogens is 9. The van der Waals surface area contributed by atoms with E-state index >= 15 is 0 Å². The summed E-state index contributed by atoms with van der Waals surface area (Å²) in [6.45, 7) is 1.26. The van der Waals surface area contributed by atoms with Crippen molar-refractivity contribution in [3.8, 4) is 58.7 Å². The highest BCUT2D eigenvalue weighted by Crippen LogP contribution is 2.62. The lowest BCUT2D eigenvalue weighted by molar-refractivity contribution is -0.143. The minimum Gasteiger partial charge on any atom is -0.192 e. The molecule has 0 unspecified atom stereocenters. The summed E-state index contributed by atoms with van der Waals surface area (Å²) >= 11 is 0. The smallest absolute Gasteiger partial charge is 0.192 e. The maximum atomic E-state index is 14.3. The largest absolute Gasteiger partial charge is 0.417 e. The first-order valence-corrected chi connectivity index (χ1v) is 15.3. The van der Waals surface area contributed by atoms with Gasteiger partial charge in [0.15, 0.2) is 0 Å². The van der Waals surface area contributed by atoms with Crippen LogP contribution >= 0.6 is 0 Å². The van der Waals surface area contributed by atoms with Gasteiger partial charge < -0.3 is 0 Å². The molecule has 0 radical (unpaired) electrons. The number of nitrogens with zero attached hydrogens (tertiary/aromatic N) is 6. The molecule has 0 fully saturated rings. The molecule has 0 saturated carbocycles. The van der Waals surface area contributed by atoms with E-state index in [0.29, 0.717) is 18.2 Å². The van der Waals surface area contributed by atoms with Gasteiger partial charge in [0.1, 0.15) is 47.6 Å². The molecule has 6 nitrogen and oxygen atoms in total. The molecule has 0 spiro atoms. The molecule has 2 aliphatic rings. The molecule has 0 aliphatic heterocycles. The summed E-state index contributed by atoms with van der Waals surface area (Å²) in [5.41, 5.74) is -11.1. The molecule has 0 atom stereocenters. The number of alkyl halides is 9. The molecule has 266 valence electrons. The summed E-state index contributed by atoms with van der Waals surface area (Å²) in [6, 6.07) is 19.7. The number of aryl methyl sites for hydroxylation is 1. The van der Waals surface area contributed by atoms with Crippen LogP contribution in [0, 0.1) is 74.9 Å². The van der Waals surface area contributed by atoms with Crippen molar-refractivity contribution in [1.29, 1.82) is 31.6 Å². The molecule has 0 N–H and O–H groups in total. The fourth-order valence-corrected chi connectivity index (χ4v) is 7.03. The molecular formula is C40H13F9N6. The Morgan fingerprint density at radius 1 is 0.473 bits per heavy atom. The van der Waals surface area contributed by atoms with Gasteiger partial charge >= 0.3 is 18.5 Å². The van der Waals surface area contributed by atoms with Gasteiger partial charge in [-0.1, -0.05) is 42.5 Å². The minimum absolute atomic E-state index is 0.00695. The van der Waals surface area contributed by atoms with Crippen molar-refractivity contribution in [1.82, 2.24) is 0 Å². The Balaban J connectivity index is 1.84. The third-order valence-electron chi connectivity index (χ3n) is 9.10. The predicted molar refractivity (Wildman–Crippen MR) is 176 cm³/mol. The second-order valence-electron chi connectivity index (χ2n) is 12.0. The highest BCUT2D eigenvalue weighted by Gasteiger charge is 2.45. The second kappa shape index (κ2) is 12.8. The Morgan fingerprint density at radius 3 is 1.13 bits per heavy atom. The van der Waals surface area contributed by atoms with E-state index in [1.807, 2.05) is 0 Å². The first-order chi connectivity index (χ1) is 25.9. The summed E-state index contributed by atoms with van der Waals surface area (Å²) in [4.78, 5) is 0. The van der Waals surface area contributed by atoms with E-state index in [1.165, 1.54) is 49.4 Å². The van der Waals surface area contributed by atoms with Gasteiger partial charge in [-0.3, -0.25) is 0 Å². The normalized spacial score (nSPS) is 13.0. The molecule has 55 heavy (non-hydrogen) atoms. The Kier molecular flexibility index (Phi) is 8.66. The molecule has 4 aromatic carbocycles. The van der Waals surface area contributed by atoms with Gasteiger partial charge in [-0.2, -0.15) is 71.1 Å². The molecule has 0 bridgehead atoms. The maximum Gasteiger partial charge on any atom is 0.417 e. The van der Waals surface area contributed by atoms with Crippen LogP contribution in [0.4, 0.5) is 39.5 Å². The van der Waals surface area contributed by atoms with E-state index in [4.69, 9.17) is 0 Å². The lowest BCUT2D eigenvalue weighted by atomic mass is 9.83. The zero-order chi connectivity index (χ0) is 40.4. The number of benzene rings is 4. The van der Waals surface area contributed by atoms with Crippen LogP contribution < -0.4 is 0 Å².